The SMILES string of the molecule is CCc1ccccc1NC(=O)c1cc(I)ccc1Cl. The third-order valence-electron chi connectivity index (χ3n) is 2.82. The van der Waals surface area contributed by atoms with Crippen molar-refractivity contribution in [3.05, 3.63) is 62.2 Å². The first-order valence-corrected chi connectivity index (χ1v) is 7.41. The van der Waals surface area contributed by atoms with E-state index in [-0.39, 0.29) is 5.91 Å². The van der Waals surface area contributed by atoms with Gasteiger partial charge in [0.2, 0.25) is 0 Å². The van der Waals surface area contributed by atoms with Crippen LogP contribution in [0, 0.1) is 3.57 Å². The number of benzene rings is 2. The molecular formula is C15H13ClINO. The minimum Gasteiger partial charge on any atom is -0.322 e. The molecule has 0 radical (unpaired) electrons. The van der Waals surface area contributed by atoms with Crippen LogP contribution in [0.4, 0.5) is 5.69 Å². The molecule has 2 aromatic carbocycles. The van der Waals surface area contributed by atoms with E-state index in [9.17, 15) is 4.79 Å². The lowest BCUT2D eigenvalue weighted by molar-refractivity contribution is 0.102. The molecule has 1 amide bonds. The van der Waals surface area contributed by atoms with Crippen LogP contribution in [0.1, 0.15) is 22.8 Å². The Labute approximate surface area is 131 Å². The third kappa shape index (κ3) is 3.48. The van der Waals surface area contributed by atoms with Crippen LogP contribution in [0.2, 0.25) is 5.02 Å². The number of hydrogen-bond acceptors (Lipinski definition) is 1. The van der Waals surface area contributed by atoms with Crippen molar-refractivity contribution < 1.29 is 4.79 Å². The highest BCUT2D eigenvalue weighted by atomic mass is 127. The van der Waals surface area contributed by atoms with Gasteiger partial charge in [0.15, 0.2) is 0 Å². The van der Waals surface area contributed by atoms with Crippen LogP contribution >= 0.6 is 34.2 Å². The molecule has 0 aliphatic rings. The van der Waals surface area contributed by atoms with E-state index in [0.29, 0.717) is 10.6 Å². The van der Waals surface area contributed by atoms with Gasteiger partial charge in [-0.15, -0.1) is 0 Å². The number of nitrogens with one attached hydrogen (secondary N) is 1. The van der Waals surface area contributed by atoms with Crippen LogP contribution in [0.5, 0.6) is 0 Å². The number of carbonyl (C=O) groups is 1. The van der Waals surface area contributed by atoms with Crippen LogP contribution in [0.15, 0.2) is 42.5 Å². The fraction of sp³-hybridized carbons (Fsp3) is 0.133. The number of rotatable bonds is 3. The average Bonchev–Trinajstić information content (AvgIpc) is 2.42. The second-order valence-electron chi connectivity index (χ2n) is 4.09. The van der Waals surface area contributed by atoms with E-state index >= 15 is 0 Å². The lowest BCUT2D eigenvalue weighted by Gasteiger charge is -2.10. The van der Waals surface area contributed by atoms with Crippen molar-refractivity contribution in [2.75, 3.05) is 5.32 Å². The molecule has 0 aliphatic carbocycles. The van der Waals surface area contributed by atoms with Crippen LogP contribution in [-0.4, -0.2) is 5.91 Å². The Morgan fingerprint density at radius 2 is 2.00 bits per heavy atom. The van der Waals surface area contributed by atoms with Crippen molar-refractivity contribution in [3.8, 4) is 0 Å². The maximum atomic E-state index is 12.3. The summed E-state index contributed by atoms with van der Waals surface area (Å²) in [6.45, 7) is 2.06. The third-order valence-corrected chi connectivity index (χ3v) is 3.82. The Bertz CT molecular complexity index is 613. The van der Waals surface area contributed by atoms with Gasteiger partial charge in [-0.3, -0.25) is 4.79 Å². The van der Waals surface area contributed by atoms with Gasteiger partial charge in [-0.1, -0.05) is 36.7 Å². The van der Waals surface area contributed by atoms with Crippen LogP contribution < -0.4 is 5.32 Å². The van der Waals surface area contributed by atoms with Gasteiger partial charge >= 0.3 is 0 Å². The predicted octanol–water partition coefficient (Wildman–Crippen LogP) is 4.76. The minimum absolute atomic E-state index is 0.176. The zero-order chi connectivity index (χ0) is 13.8. The summed E-state index contributed by atoms with van der Waals surface area (Å²) in [6.07, 6.45) is 0.872. The van der Waals surface area contributed by atoms with E-state index in [0.717, 1.165) is 21.2 Å². The molecule has 19 heavy (non-hydrogen) atoms. The molecule has 0 aliphatic heterocycles. The maximum absolute atomic E-state index is 12.3. The molecule has 0 saturated carbocycles. The molecule has 0 bridgehead atoms. The number of aryl methyl sites for hydroxylation is 1. The quantitative estimate of drug-likeness (QED) is 0.758. The van der Waals surface area contributed by atoms with Gasteiger partial charge in [-0.25, -0.2) is 0 Å². The van der Waals surface area contributed by atoms with E-state index < -0.39 is 0 Å². The Balaban J connectivity index is 2.28. The summed E-state index contributed by atoms with van der Waals surface area (Å²) in [7, 11) is 0. The standard InChI is InChI=1S/C15H13ClINO/c1-2-10-5-3-4-6-14(10)18-15(19)12-9-11(17)7-8-13(12)16/h3-9H,2H2,1H3,(H,18,19). The maximum Gasteiger partial charge on any atom is 0.257 e. The van der Waals surface area contributed by atoms with E-state index in [4.69, 9.17) is 11.6 Å². The fourth-order valence-corrected chi connectivity index (χ4v) is 2.51. The lowest BCUT2D eigenvalue weighted by Crippen LogP contribution is -2.14. The van der Waals surface area contributed by atoms with Crippen molar-refractivity contribution in [2.45, 2.75) is 13.3 Å². The zero-order valence-corrected chi connectivity index (χ0v) is 13.3. The smallest absolute Gasteiger partial charge is 0.257 e. The lowest BCUT2D eigenvalue weighted by atomic mass is 10.1. The molecule has 0 saturated heterocycles. The van der Waals surface area contributed by atoms with E-state index in [1.807, 2.05) is 30.3 Å². The van der Waals surface area contributed by atoms with Gasteiger partial charge in [-0.05, 0) is 58.8 Å². The van der Waals surface area contributed by atoms with Crippen LogP contribution in [-0.2, 0) is 6.42 Å². The zero-order valence-electron chi connectivity index (χ0n) is 10.4. The van der Waals surface area contributed by atoms with Gasteiger partial charge in [0.25, 0.3) is 5.91 Å². The van der Waals surface area contributed by atoms with Gasteiger partial charge in [0, 0.05) is 9.26 Å². The number of halogens is 2. The molecule has 2 aromatic rings. The Hall–Kier alpha value is -1.07. The second kappa shape index (κ2) is 6.39. The highest BCUT2D eigenvalue weighted by Crippen LogP contribution is 2.22. The molecule has 0 unspecified atom stereocenters. The number of carbonyl (C=O) groups excluding carboxylic acids is 1. The summed E-state index contributed by atoms with van der Waals surface area (Å²) in [5.74, 6) is -0.176. The summed E-state index contributed by atoms with van der Waals surface area (Å²) < 4.78 is 0.982. The molecule has 2 nitrogen and oxygen atoms in total. The Kier molecular flexibility index (Phi) is 4.82. The molecule has 98 valence electrons. The van der Waals surface area contributed by atoms with Crippen molar-refractivity contribution in [1.82, 2.24) is 0 Å². The average molecular weight is 386 g/mol. The molecule has 4 heteroatoms. The summed E-state index contributed by atoms with van der Waals surface area (Å²) >= 11 is 8.23. The van der Waals surface area contributed by atoms with Crippen LogP contribution in [0.25, 0.3) is 0 Å². The summed E-state index contributed by atoms with van der Waals surface area (Å²) in [5, 5.41) is 3.38. The van der Waals surface area contributed by atoms with Crippen molar-refractivity contribution in [1.29, 1.82) is 0 Å². The number of anilines is 1. The van der Waals surface area contributed by atoms with E-state index in [1.54, 1.807) is 12.1 Å². The number of para-hydroxylation sites is 1. The highest BCUT2D eigenvalue weighted by molar-refractivity contribution is 14.1. The van der Waals surface area contributed by atoms with Gasteiger partial charge in [0.05, 0.1) is 10.6 Å². The van der Waals surface area contributed by atoms with Crippen molar-refractivity contribution in [2.24, 2.45) is 0 Å². The number of hydrogen-bond donors (Lipinski definition) is 1. The monoisotopic (exact) mass is 385 g/mol. The Morgan fingerprint density at radius 1 is 1.26 bits per heavy atom. The molecule has 0 atom stereocenters. The van der Waals surface area contributed by atoms with E-state index in [2.05, 4.69) is 34.8 Å². The largest absolute Gasteiger partial charge is 0.322 e. The molecule has 2 rings (SSSR count). The fourth-order valence-electron chi connectivity index (χ4n) is 1.81. The first-order chi connectivity index (χ1) is 9.11. The number of amides is 1. The Morgan fingerprint density at radius 3 is 2.74 bits per heavy atom. The topological polar surface area (TPSA) is 29.1 Å². The summed E-state index contributed by atoms with van der Waals surface area (Å²) in [4.78, 5) is 12.3. The molecular weight excluding hydrogens is 373 g/mol. The molecule has 0 heterocycles. The van der Waals surface area contributed by atoms with Gasteiger partial charge in [0.1, 0.15) is 0 Å². The summed E-state index contributed by atoms with van der Waals surface area (Å²) in [6, 6.07) is 13.2. The molecule has 0 spiro atoms. The first-order valence-electron chi connectivity index (χ1n) is 5.96. The summed E-state index contributed by atoms with van der Waals surface area (Å²) in [5.41, 5.74) is 2.45. The predicted molar refractivity (Wildman–Crippen MR) is 87.9 cm³/mol. The molecule has 1 N–H and O–H groups in total. The van der Waals surface area contributed by atoms with Gasteiger partial charge in [-0.2, -0.15) is 0 Å². The molecule has 0 aromatic heterocycles. The normalized spacial score (nSPS) is 10.3. The van der Waals surface area contributed by atoms with Crippen molar-refractivity contribution in [3.63, 3.8) is 0 Å². The van der Waals surface area contributed by atoms with Crippen LogP contribution in [0.3, 0.4) is 0 Å². The molecule has 0 fully saturated rings. The minimum atomic E-state index is -0.176. The highest BCUT2D eigenvalue weighted by Gasteiger charge is 2.12. The first kappa shape index (κ1) is 14.3. The second-order valence-corrected chi connectivity index (χ2v) is 5.74. The van der Waals surface area contributed by atoms with E-state index in [1.165, 1.54) is 0 Å². The van der Waals surface area contributed by atoms with Crippen molar-refractivity contribution >= 4 is 45.8 Å². The van der Waals surface area contributed by atoms with Gasteiger partial charge < -0.3 is 5.32 Å².